The second-order valence-corrected chi connectivity index (χ2v) is 2.99. The summed E-state index contributed by atoms with van der Waals surface area (Å²) in [5.74, 6) is -1.03. The van der Waals surface area contributed by atoms with Gasteiger partial charge in [-0.1, -0.05) is 12.1 Å². The number of aromatic carboxylic acids is 1. The summed E-state index contributed by atoms with van der Waals surface area (Å²) in [5.41, 5.74) is 6.88. The van der Waals surface area contributed by atoms with Gasteiger partial charge in [-0.05, 0) is 18.2 Å². The van der Waals surface area contributed by atoms with E-state index < -0.39 is 5.97 Å². The topological polar surface area (TPSA) is 81.1 Å². The predicted octanol–water partition coefficient (Wildman–Crippen LogP) is 1.15. The third-order valence-corrected chi connectivity index (χ3v) is 2.03. The summed E-state index contributed by atoms with van der Waals surface area (Å²) in [4.78, 5) is 10.9. The van der Waals surface area contributed by atoms with Gasteiger partial charge in [0.15, 0.2) is 5.69 Å². The molecule has 0 unspecified atom stereocenters. The van der Waals surface area contributed by atoms with Gasteiger partial charge in [0.25, 0.3) is 0 Å². The molecule has 0 saturated carbocycles. The number of hydrogen-bond acceptors (Lipinski definition) is 3. The Labute approximate surface area is 85.8 Å². The van der Waals surface area contributed by atoms with Crippen LogP contribution < -0.4 is 5.73 Å². The summed E-state index contributed by atoms with van der Waals surface area (Å²) in [7, 11) is 0. The van der Waals surface area contributed by atoms with Crippen molar-refractivity contribution in [3.8, 4) is 5.69 Å². The number of benzene rings is 1. The summed E-state index contributed by atoms with van der Waals surface area (Å²) in [5, 5.41) is 12.8. The number of hydrogen-bond donors (Lipinski definition) is 2. The zero-order valence-electron chi connectivity index (χ0n) is 7.79. The van der Waals surface area contributed by atoms with Gasteiger partial charge in [-0.3, -0.25) is 0 Å². The van der Waals surface area contributed by atoms with E-state index in [4.69, 9.17) is 10.8 Å². The minimum absolute atomic E-state index is 0.0906. The molecule has 3 N–H and O–H groups in total. The van der Waals surface area contributed by atoms with Gasteiger partial charge in [-0.15, -0.1) is 0 Å². The number of anilines is 1. The number of carboxylic acid groups (broad SMARTS) is 1. The molecule has 0 atom stereocenters. The standard InChI is InChI=1S/C10H9N3O2/c11-7-3-1-2-4-8(7)13-9(10(14)15)5-6-12-13/h1-6H,11H2,(H,14,15). The van der Waals surface area contributed by atoms with Crippen LogP contribution in [-0.4, -0.2) is 20.9 Å². The molecule has 2 rings (SSSR count). The normalized spacial score (nSPS) is 10.1. The molecule has 0 saturated heterocycles. The molecule has 0 aliphatic carbocycles. The van der Waals surface area contributed by atoms with Gasteiger partial charge < -0.3 is 10.8 Å². The van der Waals surface area contributed by atoms with Crippen molar-refractivity contribution in [3.05, 3.63) is 42.2 Å². The third-order valence-electron chi connectivity index (χ3n) is 2.03. The molecule has 5 nitrogen and oxygen atoms in total. The molecule has 0 spiro atoms. The average molecular weight is 203 g/mol. The van der Waals surface area contributed by atoms with Crippen LogP contribution in [0.15, 0.2) is 36.5 Å². The van der Waals surface area contributed by atoms with Crippen LogP contribution in [0.1, 0.15) is 10.5 Å². The highest BCUT2D eigenvalue weighted by Gasteiger charge is 2.12. The molecule has 0 aliphatic heterocycles. The fourth-order valence-electron chi connectivity index (χ4n) is 1.34. The predicted molar refractivity (Wildman–Crippen MR) is 54.9 cm³/mol. The monoisotopic (exact) mass is 203 g/mol. The third kappa shape index (κ3) is 1.54. The lowest BCUT2D eigenvalue weighted by molar-refractivity contribution is 0.0687. The fraction of sp³-hybridized carbons (Fsp3) is 0. The summed E-state index contributed by atoms with van der Waals surface area (Å²) in [6.07, 6.45) is 1.43. The Balaban J connectivity index is 2.59. The lowest BCUT2D eigenvalue weighted by Crippen LogP contribution is -2.09. The maximum atomic E-state index is 10.9. The molecule has 1 aromatic carbocycles. The van der Waals surface area contributed by atoms with E-state index >= 15 is 0 Å². The van der Waals surface area contributed by atoms with Crippen molar-refractivity contribution >= 4 is 11.7 Å². The van der Waals surface area contributed by atoms with E-state index in [9.17, 15) is 4.79 Å². The Bertz CT molecular complexity index is 505. The second-order valence-electron chi connectivity index (χ2n) is 2.99. The van der Waals surface area contributed by atoms with Crippen molar-refractivity contribution in [3.63, 3.8) is 0 Å². The highest BCUT2D eigenvalue weighted by Crippen LogP contribution is 2.17. The molecular formula is C10H9N3O2. The number of para-hydroxylation sites is 2. The fourth-order valence-corrected chi connectivity index (χ4v) is 1.34. The van der Waals surface area contributed by atoms with Gasteiger partial charge in [0.1, 0.15) is 0 Å². The summed E-state index contributed by atoms with van der Waals surface area (Å²) in [6.45, 7) is 0. The van der Waals surface area contributed by atoms with Crippen LogP contribution in [-0.2, 0) is 0 Å². The highest BCUT2D eigenvalue weighted by molar-refractivity contribution is 5.86. The Kier molecular flexibility index (Phi) is 2.13. The molecular weight excluding hydrogens is 194 g/mol. The van der Waals surface area contributed by atoms with Crippen molar-refractivity contribution in [1.29, 1.82) is 0 Å². The van der Waals surface area contributed by atoms with E-state index in [0.717, 1.165) is 0 Å². The van der Waals surface area contributed by atoms with Crippen molar-refractivity contribution < 1.29 is 9.90 Å². The van der Waals surface area contributed by atoms with Crippen LogP contribution in [0.5, 0.6) is 0 Å². The van der Waals surface area contributed by atoms with Gasteiger partial charge in [0, 0.05) is 0 Å². The number of carbonyl (C=O) groups is 1. The molecule has 0 aliphatic rings. The van der Waals surface area contributed by atoms with E-state index in [2.05, 4.69) is 5.10 Å². The Morgan fingerprint density at radius 3 is 2.73 bits per heavy atom. The van der Waals surface area contributed by atoms with Crippen LogP contribution in [0.2, 0.25) is 0 Å². The molecule has 15 heavy (non-hydrogen) atoms. The minimum atomic E-state index is -1.03. The van der Waals surface area contributed by atoms with E-state index in [1.165, 1.54) is 16.9 Å². The molecule has 1 heterocycles. The highest BCUT2D eigenvalue weighted by atomic mass is 16.4. The van der Waals surface area contributed by atoms with E-state index in [0.29, 0.717) is 11.4 Å². The first-order chi connectivity index (χ1) is 7.20. The molecule has 2 aromatic rings. The van der Waals surface area contributed by atoms with E-state index in [1.54, 1.807) is 24.3 Å². The van der Waals surface area contributed by atoms with Gasteiger partial charge in [0.2, 0.25) is 0 Å². The molecule has 0 fully saturated rings. The summed E-state index contributed by atoms with van der Waals surface area (Å²) < 4.78 is 1.30. The molecule has 0 radical (unpaired) electrons. The smallest absolute Gasteiger partial charge is 0.354 e. The second kappa shape index (κ2) is 3.45. The van der Waals surface area contributed by atoms with Crippen molar-refractivity contribution in [2.24, 2.45) is 0 Å². The van der Waals surface area contributed by atoms with Crippen LogP contribution in [0.3, 0.4) is 0 Å². The molecule has 76 valence electrons. The molecule has 5 heteroatoms. The first-order valence-corrected chi connectivity index (χ1v) is 4.32. The Morgan fingerprint density at radius 2 is 2.07 bits per heavy atom. The first kappa shape index (κ1) is 9.26. The number of rotatable bonds is 2. The molecule has 1 aromatic heterocycles. The maximum Gasteiger partial charge on any atom is 0.354 e. The quantitative estimate of drug-likeness (QED) is 0.717. The molecule has 0 amide bonds. The zero-order chi connectivity index (χ0) is 10.8. The Hall–Kier alpha value is -2.30. The minimum Gasteiger partial charge on any atom is -0.477 e. The first-order valence-electron chi connectivity index (χ1n) is 4.32. The maximum absolute atomic E-state index is 10.9. The Morgan fingerprint density at radius 1 is 1.33 bits per heavy atom. The lowest BCUT2D eigenvalue weighted by Gasteiger charge is -2.06. The molecule has 0 bridgehead atoms. The number of carboxylic acids is 1. The summed E-state index contributed by atoms with van der Waals surface area (Å²) >= 11 is 0. The van der Waals surface area contributed by atoms with Crippen LogP contribution in [0, 0.1) is 0 Å². The van der Waals surface area contributed by atoms with Gasteiger partial charge in [-0.2, -0.15) is 5.10 Å². The van der Waals surface area contributed by atoms with E-state index in [-0.39, 0.29) is 5.69 Å². The number of nitrogen functional groups attached to an aromatic ring is 1. The van der Waals surface area contributed by atoms with Gasteiger partial charge >= 0.3 is 5.97 Å². The van der Waals surface area contributed by atoms with Crippen LogP contribution in [0.4, 0.5) is 5.69 Å². The number of aromatic nitrogens is 2. The van der Waals surface area contributed by atoms with Crippen LogP contribution >= 0.6 is 0 Å². The zero-order valence-corrected chi connectivity index (χ0v) is 7.79. The largest absolute Gasteiger partial charge is 0.477 e. The van der Waals surface area contributed by atoms with Gasteiger partial charge in [-0.25, -0.2) is 9.48 Å². The van der Waals surface area contributed by atoms with Gasteiger partial charge in [0.05, 0.1) is 17.6 Å². The number of nitrogens with zero attached hydrogens (tertiary/aromatic N) is 2. The number of nitrogens with two attached hydrogens (primary N) is 1. The van der Waals surface area contributed by atoms with Crippen molar-refractivity contribution in [2.75, 3.05) is 5.73 Å². The summed E-state index contributed by atoms with van der Waals surface area (Å²) in [6, 6.07) is 8.40. The SMILES string of the molecule is Nc1ccccc1-n1nccc1C(=O)O. The van der Waals surface area contributed by atoms with E-state index in [1.807, 2.05) is 0 Å². The lowest BCUT2D eigenvalue weighted by atomic mass is 10.2. The van der Waals surface area contributed by atoms with Crippen molar-refractivity contribution in [2.45, 2.75) is 0 Å². The van der Waals surface area contributed by atoms with Crippen molar-refractivity contribution in [1.82, 2.24) is 9.78 Å². The average Bonchev–Trinajstić information content (AvgIpc) is 2.67. The van der Waals surface area contributed by atoms with Crippen LogP contribution in [0.25, 0.3) is 5.69 Å².